The molecular formula is C16H24O2S. The number of benzene rings is 1. The van der Waals surface area contributed by atoms with Crippen LogP contribution in [0, 0.1) is 20.8 Å². The van der Waals surface area contributed by atoms with Gasteiger partial charge in [0.25, 0.3) is 0 Å². The second-order valence-corrected chi connectivity index (χ2v) is 6.81. The summed E-state index contributed by atoms with van der Waals surface area (Å²) >= 11 is 1.87. The number of thioether (sulfide) groups is 1. The van der Waals surface area contributed by atoms with Crippen LogP contribution in [0.25, 0.3) is 0 Å². The third kappa shape index (κ3) is 2.58. The summed E-state index contributed by atoms with van der Waals surface area (Å²) in [6.45, 7) is 8.22. The number of phenolic OH excluding ortho intramolecular Hbond substituents is 1. The van der Waals surface area contributed by atoms with E-state index >= 15 is 0 Å². The first-order valence-electron chi connectivity index (χ1n) is 6.89. The van der Waals surface area contributed by atoms with E-state index in [-0.39, 0.29) is 5.60 Å². The number of phenols is 1. The summed E-state index contributed by atoms with van der Waals surface area (Å²) in [6.07, 6.45) is 5.24. The Balaban J connectivity index is 2.40. The van der Waals surface area contributed by atoms with Crippen molar-refractivity contribution in [1.82, 2.24) is 0 Å². The molecule has 1 atom stereocenters. The highest BCUT2D eigenvalue weighted by Gasteiger charge is 2.33. The monoisotopic (exact) mass is 280 g/mol. The van der Waals surface area contributed by atoms with Gasteiger partial charge in [0.15, 0.2) is 0 Å². The zero-order valence-electron chi connectivity index (χ0n) is 12.6. The molecule has 2 nitrogen and oxygen atoms in total. The van der Waals surface area contributed by atoms with Crippen LogP contribution in [-0.2, 0) is 6.42 Å². The molecule has 0 saturated carbocycles. The highest BCUT2D eigenvalue weighted by molar-refractivity contribution is 7.98. The topological polar surface area (TPSA) is 29.5 Å². The van der Waals surface area contributed by atoms with Crippen molar-refractivity contribution >= 4 is 11.8 Å². The first kappa shape index (κ1) is 14.6. The second-order valence-electron chi connectivity index (χ2n) is 5.83. The van der Waals surface area contributed by atoms with E-state index in [0.717, 1.165) is 47.5 Å². The molecule has 0 aromatic heterocycles. The molecule has 3 heteroatoms. The van der Waals surface area contributed by atoms with Crippen LogP contribution in [0.1, 0.15) is 42.0 Å². The maximum Gasteiger partial charge on any atom is 0.127 e. The maximum absolute atomic E-state index is 10.2. The van der Waals surface area contributed by atoms with Gasteiger partial charge < -0.3 is 9.84 Å². The molecule has 19 heavy (non-hydrogen) atoms. The average Bonchev–Trinajstić information content (AvgIpc) is 2.40. The van der Waals surface area contributed by atoms with E-state index in [4.69, 9.17) is 4.74 Å². The molecule has 1 unspecified atom stereocenters. The van der Waals surface area contributed by atoms with Crippen LogP contribution < -0.4 is 4.74 Å². The van der Waals surface area contributed by atoms with Gasteiger partial charge >= 0.3 is 0 Å². The fourth-order valence-corrected chi connectivity index (χ4v) is 3.42. The normalized spacial score (nSPS) is 21.9. The minimum Gasteiger partial charge on any atom is -0.507 e. The van der Waals surface area contributed by atoms with Crippen LogP contribution in [0.5, 0.6) is 11.5 Å². The highest BCUT2D eigenvalue weighted by Crippen LogP contribution is 2.44. The molecular weight excluding hydrogens is 256 g/mol. The molecule has 0 bridgehead atoms. The minimum absolute atomic E-state index is 0.0589. The molecule has 1 aliphatic rings. The van der Waals surface area contributed by atoms with E-state index in [1.807, 2.05) is 32.5 Å². The Morgan fingerprint density at radius 1 is 1.21 bits per heavy atom. The van der Waals surface area contributed by atoms with Crippen molar-refractivity contribution in [2.45, 2.75) is 52.6 Å². The van der Waals surface area contributed by atoms with Gasteiger partial charge in [-0.15, -0.1) is 0 Å². The van der Waals surface area contributed by atoms with Crippen LogP contribution in [-0.4, -0.2) is 22.7 Å². The summed E-state index contributed by atoms with van der Waals surface area (Å²) in [5.41, 5.74) is 4.17. The van der Waals surface area contributed by atoms with Crippen LogP contribution in [0.3, 0.4) is 0 Å². The van der Waals surface area contributed by atoms with Gasteiger partial charge in [0, 0.05) is 5.56 Å². The van der Waals surface area contributed by atoms with Gasteiger partial charge in [-0.1, -0.05) is 0 Å². The van der Waals surface area contributed by atoms with Gasteiger partial charge in [0.05, 0.1) is 0 Å². The smallest absolute Gasteiger partial charge is 0.127 e. The minimum atomic E-state index is -0.0589. The Morgan fingerprint density at radius 3 is 2.53 bits per heavy atom. The maximum atomic E-state index is 10.2. The molecule has 106 valence electrons. The molecule has 1 aliphatic heterocycles. The predicted octanol–water partition coefficient (Wildman–Crippen LogP) is 4.15. The van der Waals surface area contributed by atoms with Gasteiger partial charge in [-0.2, -0.15) is 11.8 Å². The van der Waals surface area contributed by atoms with Crippen molar-refractivity contribution in [3.63, 3.8) is 0 Å². The van der Waals surface area contributed by atoms with Gasteiger partial charge in [0.2, 0.25) is 0 Å². The van der Waals surface area contributed by atoms with E-state index in [2.05, 4.69) is 13.2 Å². The average molecular weight is 280 g/mol. The number of hydrogen-bond donors (Lipinski definition) is 1. The quantitative estimate of drug-likeness (QED) is 0.901. The Morgan fingerprint density at radius 2 is 1.89 bits per heavy atom. The van der Waals surface area contributed by atoms with E-state index in [1.165, 1.54) is 5.56 Å². The van der Waals surface area contributed by atoms with Crippen molar-refractivity contribution in [3.8, 4) is 11.5 Å². The van der Waals surface area contributed by atoms with Gasteiger partial charge in [-0.05, 0) is 75.7 Å². The Kier molecular flexibility index (Phi) is 4.05. The molecule has 1 heterocycles. The molecule has 0 saturated heterocycles. The molecule has 0 radical (unpaired) electrons. The summed E-state index contributed by atoms with van der Waals surface area (Å²) in [7, 11) is 0. The van der Waals surface area contributed by atoms with Gasteiger partial charge in [-0.3, -0.25) is 0 Å². The zero-order valence-corrected chi connectivity index (χ0v) is 13.4. The molecule has 0 amide bonds. The van der Waals surface area contributed by atoms with Crippen molar-refractivity contribution in [2.75, 3.05) is 12.0 Å². The standard InChI is InChI=1S/C16H24O2S/c1-10-11(2)15-13(12(3)14(10)17)6-7-16(4,18-15)8-9-19-5/h17H,6-9H2,1-5H3. The Labute approximate surface area is 120 Å². The van der Waals surface area contributed by atoms with Crippen LogP contribution in [0.2, 0.25) is 0 Å². The lowest BCUT2D eigenvalue weighted by atomic mass is 9.86. The molecule has 1 N–H and O–H groups in total. The van der Waals surface area contributed by atoms with E-state index < -0.39 is 0 Å². The van der Waals surface area contributed by atoms with Crippen molar-refractivity contribution in [3.05, 3.63) is 22.3 Å². The van der Waals surface area contributed by atoms with Crippen molar-refractivity contribution < 1.29 is 9.84 Å². The first-order chi connectivity index (χ1) is 8.89. The Bertz CT molecular complexity index is 496. The molecule has 0 fully saturated rings. The largest absolute Gasteiger partial charge is 0.507 e. The van der Waals surface area contributed by atoms with E-state index in [1.54, 1.807) is 0 Å². The fourth-order valence-electron chi connectivity index (χ4n) is 2.79. The van der Waals surface area contributed by atoms with Gasteiger partial charge in [0.1, 0.15) is 17.1 Å². The number of ether oxygens (including phenoxy) is 1. The Hall–Kier alpha value is -0.830. The first-order valence-corrected chi connectivity index (χ1v) is 8.28. The van der Waals surface area contributed by atoms with Crippen LogP contribution in [0.15, 0.2) is 0 Å². The summed E-state index contributed by atoms with van der Waals surface area (Å²) < 4.78 is 6.34. The van der Waals surface area contributed by atoms with E-state index in [9.17, 15) is 5.11 Å². The summed E-state index contributed by atoms with van der Waals surface area (Å²) in [4.78, 5) is 0. The fraction of sp³-hybridized carbons (Fsp3) is 0.625. The lowest BCUT2D eigenvalue weighted by Crippen LogP contribution is -2.37. The zero-order chi connectivity index (χ0) is 14.2. The molecule has 0 aliphatic carbocycles. The van der Waals surface area contributed by atoms with Crippen LogP contribution >= 0.6 is 11.8 Å². The number of aromatic hydroxyl groups is 1. The predicted molar refractivity (Wildman–Crippen MR) is 82.7 cm³/mol. The van der Waals surface area contributed by atoms with E-state index in [0.29, 0.717) is 5.75 Å². The number of fused-ring (bicyclic) bond motifs is 1. The second kappa shape index (κ2) is 5.28. The lowest BCUT2D eigenvalue weighted by Gasteiger charge is -2.38. The molecule has 2 rings (SSSR count). The van der Waals surface area contributed by atoms with Crippen molar-refractivity contribution in [2.24, 2.45) is 0 Å². The van der Waals surface area contributed by atoms with Crippen molar-refractivity contribution in [1.29, 1.82) is 0 Å². The third-order valence-corrected chi connectivity index (χ3v) is 5.04. The third-order valence-electron chi connectivity index (χ3n) is 4.43. The van der Waals surface area contributed by atoms with Gasteiger partial charge in [-0.25, -0.2) is 0 Å². The molecule has 1 aromatic rings. The summed E-state index contributed by atoms with van der Waals surface area (Å²) in [5.74, 6) is 2.58. The SMILES string of the molecule is CSCCC1(C)CCc2c(C)c(O)c(C)c(C)c2O1. The number of rotatable bonds is 3. The number of hydrogen-bond acceptors (Lipinski definition) is 3. The molecule has 1 aromatic carbocycles. The highest BCUT2D eigenvalue weighted by atomic mass is 32.2. The summed E-state index contributed by atoms with van der Waals surface area (Å²) in [5, 5.41) is 10.2. The van der Waals surface area contributed by atoms with Crippen LogP contribution in [0.4, 0.5) is 0 Å². The molecule has 0 spiro atoms. The summed E-state index contributed by atoms with van der Waals surface area (Å²) in [6, 6.07) is 0. The lowest BCUT2D eigenvalue weighted by molar-refractivity contribution is 0.0610.